The predicted octanol–water partition coefficient (Wildman–Crippen LogP) is 10.0. The van der Waals surface area contributed by atoms with Crippen LogP contribution in [0.5, 0.6) is 0 Å². The first-order chi connectivity index (χ1) is 22.1. The molecule has 214 valence electrons. The molecule has 9 rings (SSSR count). The van der Waals surface area contributed by atoms with Gasteiger partial charge in [-0.2, -0.15) is 0 Å². The van der Waals surface area contributed by atoms with Crippen molar-refractivity contribution in [1.82, 2.24) is 19.1 Å². The van der Waals surface area contributed by atoms with Gasteiger partial charge in [-0.25, -0.2) is 9.97 Å². The lowest BCUT2D eigenvalue weighted by atomic mass is 9.83. The van der Waals surface area contributed by atoms with E-state index in [4.69, 9.17) is 9.97 Å². The van der Waals surface area contributed by atoms with Gasteiger partial charge in [0.25, 0.3) is 0 Å². The van der Waals surface area contributed by atoms with Gasteiger partial charge < -0.3 is 0 Å². The first-order valence-corrected chi connectivity index (χ1v) is 15.4. The Labute approximate surface area is 261 Å². The van der Waals surface area contributed by atoms with Crippen molar-refractivity contribution in [3.05, 3.63) is 157 Å². The summed E-state index contributed by atoms with van der Waals surface area (Å²) in [6.07, 6.45) is 0. The molecule has 1 aliphatic rings. The molecule has 4 nitrogen and oxygen atoms in total. The largest absolute Gasteiger partial charge is 0.298 e. The third-order valence-corrected chi connectivity index (χ3v) is 9.31. The highest BCUT2D eigenvalue weighted by Crippen LogP contribution is 2.48. The van der Waals surface area contributed by atoms with Crippen molar-refractivity contribution in [2.24, 2.45) is 0 Å². The summed E-state index contributed by atoms with van der Waals surface area (Å²) >= 11 is 0. The third kappa shape index (κ3) is 3.85. The molecule has 0 saturated carbocycles. The molecule has 0 atom stereocenters. The molecule has 0 radical (unpaired) electrons. The number of fused-ring (bicyclic) bond motifs is 7. The fourth-order valence-corrected chi connectivity index (χ4v) is 7.10. The number of para-hydroxylation sites is 2. The Balaban J connectivity index is 1.29. The van der Waals surface area contributed by atoms with Gasteiger partial charge in [-0.1, -0.05) is 123 Å². The van der Waals surface area contributed by atoms with E-state index in [9.17, 15) is 0 Å². The average molecular weight is 579 g/mol. The van der Waals surface area contributed by atoms with Gasteiger partial charge in [0.15, 0.2) is 5.82 Å². The zero-order valence-electron chi connectivity index (χ0n) is 25.1. The van der Waals surface area contributed by atoms with Gasteiger partial charge in [0.1, 0.15) is 5.65 Å². The van der Waals surface area contributed by atoms with Gasteiger partial charge in [0.2, 0.25) is 0 Å². The second-order valence-electron chi connectivity index (χ2n) is 12.3. The minimum absolute atomic E-state index is 0.0912. The molecular formula is C41H30N4. The molecule has 0 N–H and O–H groups in total. The molecule has 45 heavy (non-hydrogen) atoms. The maximum absolute atomic E-state index is 5.12. The summed E-state index contributed by atoms with van der Waals surface area (Å²) in [5.41, 5.74) is 12.2. The van der Waals surface area contributed by atoms with E-state index >= 15 is 0 Å². The predicted molar refractivity (Wildman–Crippen MR) is 184 cm³/mol. The van der Waals surface area contributed by atoms with E-state index in [0.29, 0.717) is 0 Å². The van der Waals surface area contributed by atoms with Gasteiger partial charge in [0, 0.05) is 44.3 Å². The summed E-state index contributed by atoms with van der Waals surface area (Å²) in [6.45, 7) is 4.67. The maximum atomic E-state index is 5.12. The SMILES string of the molecule is CC1(C)c2ccccc2-n2c1cc1c3ccccc3n(-c3cccc(-c4cc(-c5ccccc5)nc(-c5ccccc5)n4)c3)c12. The quantitative estimate of drug-likeness (QED) is 0.208. The van der Waals surface area contributed by atoms with Gasteiger partial charge >= 0.3 is 0 Å². The van der Waals surface area contributed by atoms with Crippen molar-refractivity contribution in [3.8, 4) is 45.3 Å². The number of nitrogens with zero attached hydrogens (tertiary/aromatic N) is 4. The fraction of sp³-hybridized carbons (Fsp3) is 0.0732. The van der Waals surface area contributed by atoms with Crippen LogP contribution < -0.4 is 0 Å². The number of hydrogen-bond donors (Lipinski definition) is 0. The summed E-state index contributed by atoms with van der Waals surface area (Å²) in [7, 11) is 0. The third-order valence-electron chi connectivity index (χ3n) is 9.31. The highest BCUT2D eigenvalue weighted by molar-refractivity contribution is 6.10. The van der Waals surface area contributed by atoms with Crippen molar-refractivity contribution >= 4 is 21.9 Å². The van der Waals surface area contributed by atoms with Crippen LogP contribution in [0.3, 0.4) is 0 Å². The van der Waals surface area contributed by atoms with E-state index in [1.165, 1.54) is 38.9 Å². The Morgan fingerprint density at radius 1 is 0.511 bits per heavy atom. The molecule has 3 aromatic heterocycles. The second kappa shape index (κ2) is 9.63. The minimum atomic E-state index is -0.0912. The van der Waals surface area contributed by atoms with Crippen molar-refractivity contribution in [2.45, 2.75) is 19.3 Å². The number of aromatic nitrogens is 4. The Morgan fingerprint density at radius 2 is 1.16 bits per heavy atom. The van der Waals surface area contributed by atoms with E-state index in [1.807, 2.05) is 24.3 Å². The van der Waals surface area contributed by atoms with Crippen LogP contribution in [0.15, 0.2) is 146 Å². The van der Waals surface area contributed by atoms with E-state index in [2.05, 4.69) is 144 Å². The Hall–Kier alpha value is -5.74. The Kier molecular flexibility index (Phi) is 5.51. The van der Waals surface area contributed by atoms with E-state index in [0.717, 1.165) is 39.6 Å². The summed E-state index contributed by atoms with van der Waals surface area (Å²) in [5.74, 6) is 0.717. The van der Waals surface area contributed by atoms with Crippen LogP contribution >= 0.6 is 0 Å². The van der Waals surface area contributed by atoms with Crippen molar-refractivity contribution in [2.75, 3.05) is 0 Å². The molecule has 0 aliphatic carbocycles. The van der Waals surface area contributed by atoms with Gasteiger partial charge in [-0.05, 0) is 42.0 Å². The van der Waals surface area contributed by atoms with Gasteiger partial charge in [-0.15, -0.1) is 0 Å². The van der Waals surface area contributed by atoms with Gasteiger partial charge in [0.05, 0.1) is 22.6 Å². The van der Waals surface area contributed by atoms with E-state index in [1.54, 1.807) is 0 Å². The molecule has 4 heteroatoms. The monoisotopic (exact) mass is 578 g/mol. The van der Waals surface area contributed by atoms with E-state index in [-0.39, 0.29) is 5.41 Å². The van der Waals surface area contributed by atoms with Crippen LogP contribution in [0.1, 0.15) is 25.1 Å². The summed E-state index contributed by atoms with van der Waals surface area (Å²) in [6, 6.07) is 51.4. The Morgan fingerprint density at radius 3 is 1.96 bits per heavy atom. The van der Waals surface area contributed by atoms with Crippen molar-refractivity contribution in [1.29, 1.82) is 0 Å². The molecule has 0 saturated heterocycles. The molecule has 0 amide bonds. The van der Waals surface area contributed by atoms with Crippen molar-refractivity contribution in [3.63, 3.8) is 0 Å². The zero-order chi connectivity index (χ0) is 30.1. The van der Waals surface area contributed by atoms with Crippen molar-refractivity contribution < 1.29 is 0 Å². The first kappa shape index (κ1) is 25.7. The molecule has 1 aliphatic heterocycles. The number of hydrogen-bond acceptors (Lipinski definition) is 2. The normalized spacial score (nSPS) is 13.3. The van der Waals surface area contributed by atoms with Crippen LogP contribution in [-0.2, 0) is 5.41 Å². The second-order valence-corrected chi connectivity index (χ2v) is 12.3. The molecule has 4 heterocycles. The molecule has 0 fully saturated rings. The minimum Gasteiger partial charge on any atom is -0.298 e. The van der Waals surface area contributed by atoms with Crippen LogP contribution in [0.2, 0.25) is 0 Å². The summed E-state index contributed by atoms with van der Waals surface area (Å²) < 4.78 is 4.90. The molecule has 0 bridgehead atoms. The highest BCUT2D eigenvalue weighted by Gasteiger charge is 2.38. The molecule has 0 unspecified atom stereocenters. The molecular weight excluding hydrogens is 548 g/mol. The smallest absolute Gasteiger partial charge is 0.160 e. The lowest BCUT2D eigenvalue weighted by Crippen LogP contribution is -2.15. The van der Waals surface area contributed by atoms with Gasteiger partial charge in [-0.3, -0.25) is 9.13 Å². The average Bonchev–Trinajstić information content (AvgIpc) is 3.71. The first-order valence-electron chi connectivity index (χ1n) is 15.4. The highest BCUT2D eigenvalue weighted by atomic mass is 15.2. The van der Waals surface area contributed by atoms with Crippen LogP contribution in [0.4, 0.5) is 0 Å². The Bertz CT molecular complexity index is 2340. The molecule has 5 aromatic carbocycles. The summed E-state index contributed by atoms with van der Waals surface area (Å²) in [4.78, 5) is 10.1. The molecule has 0 spiro atoms. The maximum Gasteiger partial charge on any atom is 0.160 e. The lowest BCUT2D eigenvalue weighted by molar-refractivity contribution is 0.644. The van der Waals surface area contributed by atoms with Crippen LogP contribution in [-0.4, -0.2) is 19.1 Å². The number of rotatable bonds is 4. The standard InChI is InChI=1S/C41H30N4/c1-41(2)33-21-10-12-23-37(33)45-38(41)25-32-31-20-9-11-22-36(31)44(40(32)45)30-19-13-18-29(24-30)35-26-34(27-14-5-3-6-15-27)42-39(43-35)28-16-7-4-8-17-28/h3-26H,1-2H3. The lowest BCUT2D eigenvalue weighted by Gasteiger charge is -2.18. The summed E-state index contributed by atoms with van der Waals surface area (Å²) in [5, 5.41) is 2.53. The van der Waals surface area contributed by atoms with Crippen LogP contribution in [0.25, 0.3) is 67.2 Å². The fourth-order valence-electron chi connectivity index (χ4n) is 7.10. The number of benzene rings is 5. The van der Waals surface area contributed by atoms with E-state index < -0.39 is 0 Å². The topological polar surface area (TPSA) is 35.6 Å². The zero-order valence-corrected chi connectivity index (χ0v) is 25.1. The molecule has 8 aromatic rings. The van der Waals surface area contributed by atoms with Crippen LogP contribution in [0, 0.1) is 0 Å².